The van der Waals surface area contributed by atoms with Gasteiger partial charge in [-0.25, -0.2) is 4.98 Å². The number of nitrogens with zero attached hydrogens (tertiary/aromatic N) is 3. The van der Waals surface area contributed by atoms with E-state index in [-0.39, 0.29) is 0 Å². The predicted molar refractivity (Wildman–Crippen MR) is 120 cm³/mol. The Bertz CT molecular complexity index is 938. The second kappa shape index (κ2) is 9.45. The Labute approximate surface area is 174 Å². The molecule has 29 heavy (non-hydrogen) atoms. The molecule has 1 aromatic heterocycles. The fraction of sp³-hybridized carbons (Fsp3) is 0.480. The number of aryl methyl sites for hydroxylation is 3. The van der Waals surface area contributed by atoms with E-state index >= 15 is 0 Å². The van der Waals surface area contributed by atoms with Crippen LogP contribution in [0.2, 0.25) is 0 Å². The van der Waals surface area contributed by atoms with Crippen molar-refractivity contribution in [2.45, 2.75) is 59.0 Å². The maximum Gasteiger partial charge on any atom is 0.124 e. The van der Waals surface area contributed by atoms with Crippen LogP contribution in [0.3, 0.4) is 0 Å². The summed E-state index contributed by atoms with van der Waals surface area (Å²) < 4.78 is 8.47. The van der Waals surface area contributed by atoms with Crippen LogP contribution in [0.1, 0.15) is 49.1 Å². The Morgan fingerprint density at radius 1 is 0.966 bits per heavy atom. The van der Waals surface area contributed by atoms with Gasteiger partial charge in [0.25, 0.3) is 0 Å². The number of ether oxygens (including phenoxy) is 1. The first-order valence-electron chi connectivity index (χ1n) is 11.1. The van der Waals surface area contributed by atoms with Crippen LogP contribution >= 0.6 is 0 Å². The van der Waals surface area contributed by atoms with Crippen molar-refractivity contribution in [2.75, 3.05) is 19.7 Å². The molecule has 2 heterocycles. The minimum Gasteiger partial charge on any atom is -0.493 e. The Morgan fingerprint density at radius 3 is 2.55 bits per heavy atom. The normalized spacial score (nSPS) is 15.5. The Balaban J connectivity index is 1.43. The van der Waals surface area contributed by atoms with Crippen LogP contribution in [-0.2, 0) is 13.1 Å². The SMILES string of the molecule is Cc1ccc(OCCCn2c(CN3CCCCCC3)nc3ccccc32)c(C)c1. The fourth-order valence-electron chi connectivity index (χ4n) is 4.36. The average Bonchev–Trinajstić information content (AvgIpc) is 2.87. The molecular formula is C25H33N3O. The molecule has 0 unspecified atom stereocenters. The second-order valence-electron chi connectivity index (χ2n) is 8.33. The van der Waals surface area contributed by atoms with Crippen molar-refractivity contribution in [2.24, 2.45) is 0 Å². The molecule has 1 saturated heterocycles. The van der Waals surface area contributed by atoms with Crippen molar-refractivity contribution in [1.82, 2.24) is 14.5 Å². The summed E-state index contributed by atoms with van der Waals surface area (Å²) >= 11 is 0. The molecular weight excluding hydrogens is 358 g/mol. The maximum atomic E-state index is 6.06. The first kappa shape index (κ1) is 20.0. The van der Waals surface area contributed by atoms with Crippen molar-refractivity contribution in [3.8, 4) is 5.75 Å². The van der Waals surface area contributed by atoms with Crippen LogP contribution in [0.4, 0.5) is 0 Å². The largest absolute Gasteiger partial charge is 0.493 e. The number of hydrogen-bond donors (Lipinski definition) is 0. The smallest absolute Gasteiger partial charge is 0.124 e. The highest BCUT2D eigenvalue weighted by Gasteiger charge is 2.15. The molecule has 1 aliphatic rings. The van der Waals surface area contributed by atoms with Gasteiger partial charge in [-0.2, -0.15) is 0 Å². The van der Waals surface area contributed by atoms with Gasteiger partial charge in [-0.1, -0.05) is 42.7 Å². The van der Waals surface area contributed by atoms with Gasteiger partial charge in [0.15, 0.2) is 0 Å². The molecule has 3 aromatic rings. The molecule has 0 radical (unpaired) electrons. The second-order valence-corrected chi connectivity index (χ2v) is 8.33. The summed E-state index contributed by atoms with van der Waals surface area (Å²) in [5.74, 6) is 2.19. The molecule has 4 heteroatoms. The highest BCUT2D eigenvalue weighted by Crippen LogP contribution is 2.21. The van der Waals surface area contributed by atoms with Crippen LogP contribution in [-0.4, -0.2) is 34.1 Å². The monoisotopic (exact) mass is 391 g/mol. The third-order valence-electron chi connectivity index (χ3n) is 5.91. The lowest BCUT2D eigenvalue weighted by Gasteiger charge is -2.20. The Hall–Kier alpha value is -2.33. The number of imidazole rings is 1. The summed E-state index contributed by atoms with van der Waals surface area (Å²) in [6.45, 7) is 9.23. The number of rotatable bonds is 7. The van der Waals surface area contributed by atoms with Crippen LogP contribution in [0.5, 0.6) is 5.75 Å². The van der Waals surface area contributed by atoms with Gasteiger partial charge in [0, 0.05) is 6.54 Å². The third-order valence-corrected chi connectivity index (χ3v) is 5.91. The lowest BCUT2D eigenvalue weighted by atomic mass is 10.1. The summed E-state index contributed by atoms with van der Waals surface area (Å²) in [5, 5.41) is 0. The maximum absolute atomic E-state index is 6.06. The summed E-state index contributed by atoms with van der Waals surface area (Å²) in [5.41, 5.74) is 4.83. The van der Waals surface area contributed by atoms with Crippen molar-refractivity contribution in [1.29, 1.82) is 0 Å². The van der Waals surface area contributed by atoms with Gasteiger partial charge in [-0.05, 0) is 70.0 Å². The zero-order valence-electron chi connectivity index (χ0n) is 17.9. The molecule has 1 aliphatic heterocycles. The molecule has 0 N–H and O–H groups in total. The van der Waals surface area contributed by atoms with Crippen molar-refractivity contribution >= 4 is 11.0 Å². The molecule has 0 amide bonds. The van der Waals surface area contributed by atoms with E-state index in [0.29, 0.717) is 0 Å². The lowest BCUT2D eigenvalue weighted by Crippen LogP contribution is -2.26. The molecule has 0 bridgehead atoms. The Kier molecular flexibility index (Phi) is 6.50. The first-order valence-corrected chi connectivity index (χ1v) is 11.1. The highest BCUT2D eigenvalue weighted by molar-refractivity contribution is 5.75. The molecule has 1 fully saturated rings. The van der Waals surface area contributed by atoms with Gasteiger partial charge < -0.3 is 9.30 Å². The minimum absolute atomic E-state index is 0.722. The van der Waals surface area contributed by atoms with Crippen LogP contribution in [0, 0.1) is 13.8 Å². The summed E-state index contributed by atoms with van der Waals surface area (Å²) in [7, 11) is 0. The van der Waals surface area contributed by atoms with Crippen LogP contribution in [0.15, 0.2) is 42.5 Å². The standard InChI is InChI=1S/C25H33N3O/c1-20-12-13-24(21(2)18-20)29-17-9-16-28-23-11-6-5-10-22(23)26-25(28)19-27-14-7-3-4-8-15-27/h5-6,10-13,18H,3-4,7-9,14-17,19H2,1-2H3. The molecule has 0 saturated carbocycles. The van der Waals surface area contributed by atoms with Gasteiger partial charge in [0.05, 0.1) is 24.2 Å². The fourth-order valence-corrected chi connectivity index (χ4v) is 4.36. The van der Waals surface area contributed by atoms with E-state index in [1.54, 1.807) is 0 Å². The van der Waals surface area contributed by atoms with Crippen LogP contribution in [0.25, 0.3) is 11.0 Å². The quantitative estimate of drug-likeness (QED) is 0.498. The van der Waals surface area contributed by atoms with Gasteiger partial charge in [0.1, 0.15) is 11.6 Å². The molecule has 2 aromatic carbocycles. The number of benzene rings is 2. The number of likely N-dealkylation sites (tertiary alicyclic amines) is 1. The Morgan fingerprint density at radius 2 is 1.76 bits per heavy atom. The lowest BCUT2D eigenvalue weighted by molar-refractivity contribution is 0.263. The van der Waals surface area contributed by atoms with E-state index in [0.717, 1.165) is 37.4 Å². The highest BCUT2D eigenvalue weighted by atomic mass is 16.5. The number of hydrogen-bond acceptors (Lipinski definition) is 3. The first-order chi connectivity index (χ1) is 14.2. The zero-order valence-corrected chi connectivity index (χ0v) is 17.9. The van der Waals surface area contributed by atoms with Crippen molar-refractivity contribution < 1.29 is 4.74 Å². The van der Waals surface area contributed by atoms with E-state index < -0.39 is 0 Å². The number of para-hydroxylation sites is 2. The molecule has 0 spiro atoms. The van der Waals surface area contributed by atoms with E-state index in [1.165, 1.54) is 61.2 Å². The molecule has 0 atom stereocenters. The van der Waals surface area contributed by atoms with Gasteiger partial charge in [-0.15, -0.1) is 0 Å². The molecule has 0 aliphatic carbocycles. The molecule has 4 nitrogen and oxygen atoms in total. The van der Waals surface area contributed by atoms with Crippen molar-refractivity contribution in [3.63, 3.8) is 0 Å². The molecule has 154 valence electrons. The van der Waals surface area contributed by atoms with E-state index in [1.807, 2.05) is 0 Å². The van der Waals surface area contributed by atoms with E-state index in [9.17, 15) is 0 Å². The van der Waals surface area contributed by atoms with Crippen LogP contribution < -0.4 is 4.74 Å². The van der Waals surface area contributed by atoms with Gasteiger partial charge >= 0.3 is 0 Å². The van der Waals surface area contributed by atoms with Gasteiger partial charge in [-0.3, -0.25) is 4.90 Å². The minimum atomic E-state index is 0.722. The van der Waals surface area contributed by atoms with E-state index in [4.69, 9.17) is 9.72 Å². The summed E-state index contributed by atoms with van der Waals surface area (Å²) in [4.78, 5) is 7.56. The zero-order chi connectivity index (χ0) is 20.1. The van der Waals surface area contributed by atoms with Gasteiger partial charge in [0.2, 0.25) is 0 Å². The third kappa shape index (κ3) is 4.99. The number of aromatic nitrogens is 2. The number of fused-ring (bicyclic) bond motifs is 1. The van der Waals surface area contributed by atoms with E-state index in [2.05, 4.69) is 65.8 Å². The summed E-state index contributed by atoms with van der Waals surface area (Å²) in [6, 6.07) is 14.9. The summed E-state index contributed by atoms with van der Waals surface area (Å²) in [6.07, 6.45) is 6.32. The molecule has 4 rings (SSSR count). The van der Waals surface area contributed by atoms with Crippen molar-refractivity contribution in [3.05, 3.63) is 59.4 Å². The topological polar surface area (TPSA) is 30.3 Å². The average molecular weight is 392 g/mol. The predicted octanol–water partition coefficient (Wildman–Crippen LogP) is 5.50.